The number of nitriles is 1. The standard InChI is InChI=1S/C19H19F2N3/c1-12-5-4-6-14(10-22)17(12)11-24-18-9-15(19(3,20)21)7-8-16(18)13(2)23/h4-9,23-24H,11H2,1-3H3. The van der Waals surface area contributed by atoms with Crippen LogP contribution in [0, 0.1) is 23.7 Å². The van der Waals surface area contributed by atoms with E-state index in [2.05, 4.69) is 11.4 Å². The van der Waals surface area contributed by atoms with Crippen molar-refractivity contribution >= 4 is 11.4 Å². The maximum Gasteiger partial charge on any atom is 0.270 e. The van der Waals surface area contributed by atoms with Gasteiger partial charge in [-0.2, -0.15) is 5.26 Å². The number of anilines is 1. The first-order valence-corrected chi connectivity index (χ1v) is 7.54. The number of nitrogens with one attached hydrogen (secondary N) is 2. The first-order valence-electron chi connectivity index (χ1n) is 7.54. The molecular weight excluding hydrogens is 308 g/mol. The van der Waals surface area contributed by atoms with Crippen LogP contribution in [0.15, 0.2) is 36.4 Å². The van der Waals surface area contributed by atoms with Crippen molar-refractivity contribution < 1.29 is 8.78 Å². The van der Waals surface area contributed by atoms with Crippen LogP contribution in [-0.2, 0) is 12.5 Å². The van der Waals surface area contributed by atoms with Crippen molar-refractivity contribution in [2.45, 2.75) is 33.2 Å². The molecular formula is C19H19F2N3. The highest BCUT2D eigenvalue weighted by Gasteiger charge is 2.25. The maximum absolute atomic E-state index is 13.6. The molecule has 0 saturated heterocycles. The van der Waals surface area contributed by atoms with E-state index in [9.17, 15) is 14.0 Å². The summed E-state index contributed by atoms with van der Waals surface area (Å²) >= 11 is 0. The Labute approximate surface area is 140 Å². The summed E-state index contributed by atoms with van der Waals surface area (Å²) in [5, 5.41) is 20.2. The van der Waals surface area contributed by atoms with Crippen LogP contribution in [0.3, 0.4) is 0 Å². The molecule has 0 fully saturated rings. The van der Waals surface area contributed by atoms with Gasteiger partial charge in [0.15, 0.2) is 0 Å². The van der Waals surface area contributed by atoms with Gasteiger partial charge in [0.1, 0.15) is 0 Å². The van der Waals surface area contributed by atoms with Crippen molar-refractivity contribution in [1.29, 1.82) is 10.7 Å². The number of alkyl halides is 2. The molecule has 0 unspecified atom stereocenters. The highest BCUT2D eigenvalue weighted by Crippen LogP contribution is 2.31. The monoisotopic (exact) mass is 327 g/mol. The number of hydrogen-bond acceptors (Lipinski definition) is 3. The Hall–Kier alpha value is -2.74. The number of halogens is 2. The Morgan fingerprint density at radius 2 is 2.00 bits per heavy atom. The molecule has 0 radical (unpaired) electrons. The molecule has 2 rings (SSSR count). The lowest BCUT2D eigenvalue weighted by Crippen LogP contribution is -2.12. The Kier molecular flexibility index (Phi) is 4.99. The summed E-state index contributed by atoms with van der Waals surface area (Å²) in [6.07, 6.45) is 0. The molecule has 24 heavy (non-hydrogen) atoms. The van der Waals surface area contributed by atoms with Gasteiger partial charge in [-0.25, -0.2) is 8.78 Å². The lowest BCUT2D eigenvalue weighted by molar-refractivity contribution is 0.0175. The van der Waals surface area contributed by atoms with Gasteiger partial charge in [0.25, 0.3) is 5.92 Å². The largest absolute Gasteiger partial charge is 0.380 e. The summed E-state index contributed by atoms with van der Waals surface area (Å²) in [4.78, 5) is 0. The van der Waals surface area contributed by atoms with E-state index in [1.165, 1.54) is 18.2 Å². The molecule has 3 nitrogen and oxygen atoms in total. The van der Waals surface area contributed by atoms with Gasteiger partial charge in [-0.05, 0) is 37.1 Å². The van der Waals surface area contributed by atoms with Crippen LogP contribution >= 0.6 is 0 Å². The summed E-state index contributed by atoms with van der Waals surface area (Å²) in [6, 6.07) is 11.8. The second-order valence-corrected chi connectivity index (χ2v) is 5.84. The van der Waals surface area contributed by atoms with E-state index in [-0.39, 0.29) is 11.3 Å². The van der Waals surface area contributed by atoms with Crippen molar-refractivity contribution in [2.24, 2.45) is 0 Å². The third-order valence-electron chi connectivity index (χ3n) is 3.92. The van der Waals surface area contributed by atoms with Crippen molar-refractivity contribution in [3.63, 3.8) is 0 Å². The van der Waals surface area contributed by atoms with Gasteiger partial charge in [0, 0.05) is 36.0 Å². The molecule has 2 aromatic carbocycles. The van der Waals surface area contributed by atoms with Gasteiger partial charge in [0.05, 0.1) is 11.6 Å². The third kappa shape index (κ3) is 3.77. The zero-order chi connectivity index (χ0) is 17.9. The first-order chi connectivity index (χ1) is 11.2. The van der Waals surface area contributed by atoms with Crippen LogP contribution in [0.2, 0.25) is 0 Å². The Balaban J connectivity index is 2.39. The fraction of sp³-hybridized carbons (Fsp3) is 0.263. The predicted octanol–water partition coefficient (Wildman–Crippen LogP) is 4.98. The Bertz CT molecular complexity index is 814. The zero-order valence-corrected chi connectivity index (χ0v) is 13.9. The fourth-order valence-corrected chi connectivity index (χ4v) is 2.52. The average molecular weight is 327 g/mol. The van der Waals surface area contributed by atoms with Crippen molar-refractivity contribution in [3.05, 3.63) is 64.2 Å². The lowest BCUT2D eigenvalue weighted by Gasteiger charge is -2.17. The van der Waals surface area contributed by atoms with Crippen molar-refractivity contribution in [3.8, 4) is 6.07 Å². The fourth-order valence-electron chi connectivity index (χ4n) is 2.52. The number of aryl methyl sites for hydroxylation is 1. The van der Waals surface area contributed by atoms with Crippen LogP contribution in [0.1, 0.15) is 41.7 Å². The van der Waals surface area contributed by atoms with Crippen LogP contribution in [-0.4, -0.2) is 5.71 Å². The maximum atomic E-state index is 13.6. The minimum atomic E-state index is -2.95. The van der Waals surface area contributed by atoms with Crippen LogP contribution in [0.25, 0.3) is 0 Å². The van der Waals surface area contributed by atoms with E-state index in [4.69, 9.17) is 5.41 Å². The molecule has 0 saturated carbocycles. The van der Waals surface area contributed by atoms with E-state index < -0.39 is 5.92 Å². The zero-order valence-electron chi connectivity index (χ0n) is 13.9. The van der Waals surface area contributed by atoms with Gasteiger partial charge >= 0.3 is 0 Å². The van der Waals surface area contributed by atoms with E-state index >= 15 is 0 Å². The topological polar surface area (TPSA) is 59.7 Å². The third-order valence-corrected chi connectivity index (χ3v) is 3.92. The molecule has 5 heteroatoms. The number of benzene rings is 2. The van der Waals surface area contributed by atoms with Crippen molar-refractivity contribution in [1.82, 2.24) is 0 Å². The van der Waals surface area contributed by atoms with Gasteiger partial charge < -0.3 is 10.7 Å². The van der Waals surface area contributed by atoms with Gasteiger partial charge in [-0.15, -0.1) is 0 Å². The van der Waals surface area contributed by atoms with Crippen LogP contribution in [0.4, 0.5) is 14.5 Å². The molecule has 0 bridgehead atoms. The highest BCUT2D eigenvalue weighted by atomic mass is 19.3. The second kappa shape index (κ2) is 6.79. The van der Waals surface area contributed by atoms with Crippen molar-refractivity contribution in [2.75, 3.05) is 5.32 Å². The smallest absolute Gasteiger partial charge is 0.270 e. The molecule has 2 N–H and O–H groups in total. The van der Waals surface area contributed by atoms with E-state index in [0.29, 0.717) is 23.4 Å². The molecule has 0 spiro atoms. The summed E-state index contributed by atoms with van der Waals surface area (Å²) < 4.78 is 27.2. The summed E-state index contributed by atoms with van der Waals surface area (Å²) in [6.45, 7) is 4.68. The number of rotatable bonds is 5. The Morgan fingerprint density at radius 1 is 1.29 bits per heavy atom. The quantitative estimate of drug-likeness (QED) is 0.761. The van der Waals surface area contributed by atoms with Crippen LogP contribution < -0.4 is 5.32 Å². The minimum Gasteiger partial charge on any atom is -0.380 e. The molecule has 0 amide bonds. The highest BCUT2D eigenvalue weighted by molar-refractivity contribution is 6.01. The molecule has 124 valence electrons. The number of hydrogen-bond donors (Lipinski definition) is 2. The molecule has 0 aliphatic carbocycles. The molecule has 0 heterocycles. The normalized spacial score (nSPS) is 11.0. The predicted molar refractivity (Wildman–Crippen MR) is 91.7 cm³/mol. The summed E-state index contributed by atoms with van der Waals surface area (Å²) in [7, 11) is 0. The molecule has 0 aliphatic rings. The number of nitrogens with zero attached hydrogens (tertiary/aromatic N) is 1. The first kappa shape index (κ1) is 17.6. The van der Waals surface area contributed by atoms with Crippen LogP contribution in [0.5, 0.6) is 0 Å². The Morgan fingerprint density at radius 3 is 2.58 bits per heavy atom. The van der Waals surface area contributed by atoms with Gasteiger partial charge in [-0.3, -0.25) is 0 Å². The summed E-state index contributed by atoms with van der Waals surface area (Å²) in [5.41, 5.74) is 3.53. The molecule has 2 aromatic rings. The second-order valence-electron chi connectivity index (χ2n) is 5.84. The molecule has 0 aliphatic heterocycles. The lowest BCUT2D eigenvalue weighted by atomic mass is 10.0. The van der Waals surface area contributed by atoms with E-state index in [1.54, 1.807) is 13.0 Å². The minimum absolute atomic E-state index is 0.111. The van der Waals surface area contributed by atoms with Gasteiger partial charge in [-0.1, -0.05) is 24.3 Å². The van der Waals surface area contributed by atoms with E-state index in [0.717, 1.165) is 18.1 Å². The summed E-state index contributed by atoms with van der Waals surface area (Å²) in [5.74, 6) is -2.95. The van der Waals surface area contributed by atoms with E-state index in [1.807, 2.05) is 19.1 Å². The molecule has 0 atom stereocenters. The average Bonchev–Trinajstić information content (AvgIpc) is 2.52. The van der Waals surface area contributed by atoms with Gasteiger partial charge in [0.2, 0.25) is 0 Å². The SMILES string of the molecule is CC(=N)c1ccc(C(C)(F)F)cc1NCc1c(C)cccc1C#N. The molecule has 0 aromatic heterocycles.